The third kappa shape index (κ3) is 6.02. The summed E-state index contributed by atoms with van der Waals surface area (Å²) in [6, 6.07) is 0. The number of esters is 4. The molecule has 16 heteroatoms. The molecule has 13 nitrogen and oxygen atoms in total. The summed E-state index contributed by atoms with van der Waals surface area (Å²) < 4.78 is 89.1. The van der Waals surface area contributed by atoms with E-state index in [4.69, 9.17) is 28.2 Å². The Morgan fingerprint density at radius 2 is 1.67 bits per heavy atom. The van der Waals surface area contributed by atoms with Crippen LogP contribution in [0.15, 0.2) is 0 Å². The Morgan fingerprint density at radius 1 is 1.03 bits per heavy atom. The molecule has 1 aliphatic carbocycles. The van der Waals surface area contributed by atoms with E-state index in [1.807, 2.05) is 0 Å². The molecule has 220 valence electrons. The fraction of sp³-hybridized carbons (Fsp3) is 0.826. The summed E-state index contributed by atoms with van der Waals surface area (Å²) in [4.78, 5) is 49.7. The minimum absolute atomic E-state index is 0.0405. The topological polar surface area (TPSA) is 178 Å². The first-order valence-corrected chi connectivity index (χ1v) is 14.1. The molecule has 8 unspecified atom stereocenters. The van der Waals surface area contributed by atoms with E-state index in [1.54, 1.807) is 6.92 Å². The highest BCUT2D eigenvalue weighted by Crippen LogP contribution is 2.51. The lowest BCUT2D eigenvalue weighted by atomic mass is 9.78. The number of rotatable bonds is 11. The van der Waals surface area contributed by atoms with Gasteiger partial charge in [0.2, 0.25) is 0 Å². The molecule has 0 aromatic carbocycles. The lowest BCUT2D eigenvalue weighted by Crippen LogP contribution is -2.48. The molecule has 0 aromatic rings. The number of halogens is 2. The normalized spacial score (nSPS) is 31.9. The van der Waals surface area contributed by atoms with Crippen molar-refractivity contribution >= 4 is 34.0 Å². The first-order chi connectivity index (χ1) is 18.2. The summed E-state index contributed by atoms with van der Waals surface area (Å²) in [5, 5.41) is -4.75. The van der Waals surface area contributed by atoms with Crippen molar-refractivity contribution in [3.05, 3.63) is 0 Å². The third-order valence-corrected chi connectivity index (χ3v) is 8.34. The lowest BCUT2D eigenvalue weighted by Gasteiger charge is -2.29. The van der Waals surface area contributed by atoms with Crippen LogP contribution in [0.1, 0.15) is 58.8 Å². The molecule has 4 aliphatic rings. The van der Waals surface area contributed by atoms with Crippen molar-refractivity contribution in [1.29, 1.82) is 0 Å². The molecule has 4 fully saturated rings. The number of carbonyl (C=O) groups excluding carboxylic acids is 4. The van der Waals surface area contributed by atoms with Crippen LogP contribution in [-0.4, -0.2) is 85.0 Å². The largest absolute Gasteiger partial charge is 0.455 e. The molecule has 0 radical (unpaired) electrons. The highest BCUT2D eigenvalue weighted by molar-refractivity contribution is 7.86. The molecule has 39 heavy (non-hydrogen) atoms. The number of fused-ring (bicyclic) bond motifs is 1. The van der Waals surface area contributed by atoms with E-state index in [1.165, 1.54) is 0 Å². The Balaban J connectivity index is 1.31. The molecule has 4 rings (SSSR count). The molecule has 3 heterocycles. The summed E-state index contributed by atoms with van der Waals surface area (Å²) in [5.41, 5.74) is 0. The van der Waals surface area contributed by atoms with Crippen molar-refractivity contribution in [1.82, 2.24) is 0 Å². The maximum atomic E-state index is 13.5. The first-order valence-electron chi connectivity index (χ1n) is 12.7. The lowest BCUT2D eigenvalue weighted by molar-refractivity contribution is -0.196. The predicted molar refractivity (Wildman–Crippen MR) is 120 cm³/mol. The molecular formula is C23H30F2O13S. The van der Waals surface area contributed by atoms with Crippen LogP contribution in [0.4, 0.5) is 8.78 Å². The summed E-state index contributed by atoms with van der Waals surface area (Å²) in [6.07, 6.45) is -4.09. The van der Waals surface area contributed by atoms with Crippen LogP contribution < -0.4 is 0 Å². The van der Waals surface area contributed by atoms with Gasteiger partial charge in [0, 0.05) is 0 Å². The van der Waals surface area contributed by atoms with Gasteiger partial charge < -0.3 is 28.4 Å². The van der Waals surface area contributed by atoms with Gasteiger partial charge in [-0.1, -0.05) is 19.3 Å². The van der Waals surface area contributed by atoms with Gasteiger partial charge in [0.05, 0.1) is 18.9 Å². The Morgan fingerprint density at radius 3 is 2.31 bits per heavy atom. The quantitative estimate of drug-likeness (QED) is 0.159. The van der Waals surface area contributed by atoms with Gasteiger partial charge in [-0.3, -0.25) is 23.7 Å². The van der Waals surface area contributed by atoms with Crippen molar-refractivity contribution in [3.63, 3.8) is 0 Å². The summed E-state index contributed by atoms with van der Waals surface area (Å²) in [6.45, 7) is 2.13. The monoisotopic (exact) mass is 584 g/mol. The number of alkyl halides is 2. The molecule has 0 spiro atoms. The van der Waals surface area contributed by atoms with E-state index in [9.17, 15) is 36.4 Å². The summed E-state index contributed by atoms with van der Waals surface area (Å²) in [7, 11) is -5.84. The molecule has 8 atom stereocenters. The molecule has 0 aromatic heterocycles. The first kappa shape index (κ1) is 29.6. The minimum atomic E-state index is -5.84. The second-order valence-corrected chi connectivity index (χ2v) is 11.5. The van der Waals surface area contributed by atoms with Gasteiger partial charge in [-0.05, 0) is 26.7 Å². The van der Waals surface area contributed by atoms with Crippen LogP contribution >= 0.6 is 0 Å². The van der Waals surface area contributed by atoms with Gasteiger partial charge in [-0.25, -0.2) is 0 Å². The second-order valence-electron chi connectivity index (χ2n) is 10.0. The van der Waals surface area contributed by atoms with Gasteiger partial charge in [0.15, 0.2) is 24.6 Å². The van der Waals surface area contributed by atoms with Gasteiger partial charge in [-0.2, -0.15) is 17.2 Å². The van der Waals surface area contributed by atoms with Gasteiger partial charge in [0.25, 0.3) is 0 Å². The van der Waals surface area contributed by atoms with Crippen LogP contribution in [0.5, 0.6) is 0 Å². The molecule has 0 amide bonds. The zero-order valence-corrected chi connectivity index (χ0v) is 22.0. The average molecular weight is 585 g/mol. The molecule has 3 aliphatic heterocycles. The summed E-state index contributed by atoms with van der Waals surface area (Å²) in [5.74, 6) is -5.90. The van der Waals surface area contributed by atoms with Crippen LogP contribution in [0, 0.1) is 11.8 Å². The van der Waals surface area contributed by atoms with Crippen LogP contribution in [0.2, 0.25) is 0 Å². The van der Waals surface area contributed by atoms with E-state index in [-0.39, 0.29) is 6.10 Å². The molecule has 1 N–H and O–H groups in total. The fourth-order valence-electron chi connectivity index (χ4n) is 5.43. The fourth-order valence-corrected chi connectivity index (χ4v) is 5.90. The maximum Gasteiger partial charge on any atom is 0.405 e. The average Bonchev–Trinajstić information content (AvgIpc) is 3.46. The van der Waals surface area contributed by atoms with Gasteiger partial charge in [-0.15, -0.1) is 0 Å². The number of carbonyl (C=O) groups is 4. The molecule has 2 bridgehead atoms. The Bertz CT molecular complexity index is 1090. The van der Waals surface area contributed by atoms with Crippen molar-refractivity contribution in [2.45, 2.75) is 107 Å². The number of hydrogen-bond acceptors (Lipinski definition) is 12. The SMILES string of the molecule is CC(OC(=O)C1C2OC3C(OC(=O)C31)C2OC(=O)CCC(=O)OC(C)C(F)(F)S(=O)(=O)O)OC1CCCCC1. The standard InChI is InChI=1S/C23H30F2O13S/c1-10(23(24,25)39(30,31)32)33-13(26)8-9-14(27)36-19-17-15(16-18(37-17)20(19)38-22(16)29)21(28)35-11(2)34-12-6-4-3-5-7-12/h10-12,15-20H,3-9H2,1-2H3,(H,30,31,32). The van der Waals surface area contributed by atoms with Gasteiger partial charge in [0.1, 0.15) is 24.0 Å². The van der Waals surface area contributed by atoms with Crippen LogP contribution in [0.25, 0.3) is 0 Å². The summed E-state index contributed by atoms with van der Waals surface area (Å²) >= 11 is 0. The predicted octanol–water partition coefficient (Wildman–Crippen LogP) is 1.27. The number of ether oxygens (including phenoxy) is 6. The molecule has 3 saturated heterocycles. The molecular weight excluding hydrogens is 554 g/mol. The van der Waals surface area contributed by atoms with Crippen LogP contribution in [-0.2, 0) is 57.7 Å². The highest BCUT2D eigenvalue weighted by atomic mass is 32.2. The van der Waals surface area contributed by atoms with Crippen molar-refractivity contribution in [3.8, 4) is 0 Å². The Hall–Kier alpha value is -2.43. The van der Waals surface area contributed by atoms with Crippen molar-refractivity contribution in [2.75, 3.05) is 0 Å². The van der Waals surface area contributed by atoms with E-state index < -0.39 is 101 Å². The molecule has 1 saturated carbocycles. The van der Waals surface area contributed by atoms with Crippen LogP contribution in [0.3, 0.4) is 0 Å². The van der Waals surface area contributed by atoms with Crippen molar-refractivity contribution < 1.29 is 69.4 Å². The maximum absolute atomic E-state index is 13.5. The second kappa shape index (κ2) is 11.2. The Labute approximate surface area is 222 Å². The minimum Gasteiger partial charge on any atom is -0.455 e. The highest BCUT2D eigenvalue weighted by Gasteiger charge is 2.72. The Kier molecular flexibility index (Phi) is 8.50. The van der Waals surface area contributed by atoms with E-state index in [2.05, 4.69) is 4.74 Å². The van der Waals surface area contributed by atoms with E-state index in [0.717, 1.165) is 32.1 Å². The number of hydrogen-bond donors (Lipinski definition) is 1. The zero-order chi connectivity index (χ0) is 28.7. The van der Waals surface area contributed by atoms with E-state index in [0.29, 0.717) is 6.92 Å². The van der Waals surface area contributed by atoms with E-state index >= 15 is 0 Å². The van der Waals surface area contributed by atoms with Crippen molar-refractivity contribution in [2.24, 2.45) is 11.8 Å². The smallest absolute Gasteiger partial charge is 0.405 e. The third-order valence-electron chi connectivity index (χ3n) is 7.32. The zero-order valence-electron chi connectivity index (χ0n) is 21.2. The van der Waals surface area contributed by atoms with Gasteiger partial charge >= 0.3 is 39.2 Å².